The van der Waals surface area contributed by atoms with Gasteiger partial charge in [0.15, 0.2) is 0 Å². The Balaban J connectivity index is 2.31. The molecular formula is C14H15ClN4. The third-order valence-corrected chi connectivity index (χ3v) is 3.58. The first-order valence-electron chi connectivity index (χ1n) is 5.92. The van der Waals surface area contributed by atoms with E-state index in [4.69, 9.17) is 16.9 Å². The van der Waals surface area contributed by atoms with E-state index in [0.29, 0.717) is 17.1 Å². The first kappa shape index (κ1) is 13.4. The maximum atomic E-state index is 9.13. The molecule has 1 heterocycles. The topological polar surface area (TPSA) is 44.9 Å². The van der Waals surface area contributed by atoms with E-state index in [-0.39, 0.29) is 0 Å². The van der Waals surface area contributed by atoms with Gasteiger partial charge >= 0.3 is 0 Å². The Bertz CT molecular complexity index is 639. The molecule has 19 heavy (non-hydrogen) atoms. The number of hydrogen-bond acceptors (Lipinski definition) is 3. The molecule has 1 aromatic carbocycles. The number of rotatable bonds is 3. The molecule has 2 aromatic rings. The van der Waals surface area contributed by atoms with Crippen molar-refractivity contribution in [3.63, 3.8) is 0 Å². The summed E-state index contributed by atoms with van der Waals surface area (Å²) in [5.41, 5.74) is 3.30. The fourth-order valence-corrected chi connectivity index (χ4v) is 2.28. The van der Waals surface area contributed by atoms with E-state index in [9.17, 15) is 0 Å². The zero-order chi connectivity index (χ0) is 14.0. The van der Waals surface area contributed by atoms with Crippen LogP contribution in [0, 0.1) is 18.3 Å². The summed E-state index contributed by atoms with van der Waals surface area (Å²) in [5, 5.41) is 14.1. The third kappa shape index (κ3) is 2.56. The average molecular weight is 275 g/mol. The maximum absolute atomic E-state index is 9.13. The summed E-state index contributed by atoms with van der Waals surface area (Å²) in [6.07, 6.45) is 0. The predicted octanol–water partition coefficient (Wildman–Crippen LogP) is 2.89. The number of benzene rings is 1. The molecule has 0 aliphatic rings. The molecule has 4 nitrogen and oxygen atoms in total. The molecule has 2 rings (SSSR count). The Kier molecular flexibility index (Phi) is 3.77. The Morgan fingerprint density at radius 3 is 2.68 bits per heavy atom. The van der Waals surface area contributed by atoms with Gasteiger partial charge in [-0.1, -0.05) is 23.7 Å². The number of nitriles is 1. The third-order valence-electron chi connectivity index (χ3n) is 3.08. The number of para-hydroxylation sites is 1. The summed E-state index contributed by atoms with van der Waals surface area (Å²) in [6, 6.07) is 9.71. The number of aromatic nitrogens is 2. The molecule has 0 saturated carbocycles. The van der Waals surface area contributed by atoms with Crippen molar-refractivity contribution in [2.24, 2.45) is 7.05 Å². The number of nitrogens with zero attached hydrogens (tertiary/aromatic N) is 4. The van der Waals surface area contributed by atoms with E-state index in [1.165, 1.54) is 0 Å². The van der Waals surface area contributed by atoms with Gasteiger partial charge in [-0.2, -0.15) is 10.4 Å². The van der Waals surface area contributed by atoms with Crippen LogP contribution in [0.5, 0.6) is 0 Å². The van der Waals surface area contributed by atoms with Gasteiger partial charge in [0, 0.05) is 14.1 Å². The first-order chi connectivity index (χ1) is 9.04. The van der Waals surface area contributed by atoms with Crippen molar-refractivity contribution in [3.8, 4) is 6.07 Å². The minimum atomic E-state index is 0.606. The number of halogens is 1. The molecule has 1 aromatic heterocycles. The van der Waals surface area contributed by atoms with Crippen molar-refractivity contribution in [2.75, 3.05) is 11.9 Å². The van der Waals surface area contributed by atoms with Crippen LogP contribution in [-0.2, 0) is 13.6 Å². The van der Waals surface area contributed by atoms with Crippen molar-refractivity contribution in [1.82, 2.24) is 9.78 Å². The summed E-state index contributed by atoms with van der Waals surface area (Å²) in [7, 11) is 3.81. The van der Waals surface area contributed by atoms with Crippen LogP contribution in [-0.4, -0.2) is 16.8 Å². The van der Waals surface area contributed by atoms with Crippen molar-refractivity contribution in [1.29, 1.82) is 5.26 Å². The molecule has 5 heteroatoms. The van der Waals surface area contributed by atoms with Gasteiger partial charge in [-0.05, 0) is 19.1 Å². The summed E-state index contributed by atoms with van der Waals surface area (Å²) >= 11 is 6.24. The van der Waals surface area contributed by atoms with E-state index >= 15 is 0 Å². The largest absolute Gasteiger partial charge is 0.368 e. The maximum Gasteiger partial charge on any atom is 0.101 e. The Hall–Kier alpha value is -1.99. The van der Waals surface area contributed by atoms with Crippen LogP contribution in [0.25, 0.3) is 0 Å². The molecule has 0 spiro atoms. The highest BCUT2D eigenvalue weighted by Crippen LogP contribution is 2.24. The second kappa shape index (κ2) is 5.33. The number of hydrogen-bond donors (Lipinski definition) is 0. The van der Waals surface area contributed by atoms with Crippen LogP contribution >= 0.6 is 11.6 Å². The summed E-state index contributed by atoms with van der Waals surface area (Å²) < 4.78 is 1.78. The first-order valence-corrected chi connectivity index (χ1v) is 6.30. The summed E-state index contributed by atoms with van der Waals surface area (Å²) in [4.78, 5) is 2.00. The van der Waals surface area contributed by atoms with Crippen LogP contribution in [0.1, 0.15) is 17.0 Å². The molecule has 0 aliphatic heterocycles. The van der Waals surface area contributed by atoms with Crippen LogP contribution < -0.4 is 4.90 Å². The average Bonchev–Trinajstić information content (AvgIpc) is 2.65. The highest BCUT2D eigenvalue weighted by atomic mass is 35.5. The summed E-state index contributed by atoms with van der Waals surface area (Å²) in [5.74, 6) is 0. The predicted molar refractivity (Wildman–Crippen MR) is 76.2 cm³/mol. The standard InChI is InChI=1S/C14H15ClN4/c1-10-14(15)13(19(3)17-10)9-18(2)12-7-5-4-6-11(12)8-16/h4-7H,9H2,1-3H3. The second-order valence-electron chi connectivity index (χ2n) is 4.45. The SMILES string of the molecule is Cc1nn(C)c(CN(C)c2ccccc2C#N)c1Cl. The Morgan fingerprint density at radius 1 is 1.42 bits per heavy atom. The minimum absolute atomic E-state index is 0.606. The molecule has 0 fully saturated rings. The molecule has 0 aliphatic carbocycles. The van der Waals surface area contributed by atoms with E-state index < -0.39 is 0 Å². The quantitative estimate of drug-likeness (QED) is 0.864. The monoisotopic (exact) mass is 274 g/mol. The highest BCUT2D eigenvalue weighted by molar-refractivity contribution is 6.31. The Labute approximate surface area is 117 Å². The van der Waals surface area contributed by atoms with Crippen molar-refractivity contribution in [2.45, 2.75) is 13.5 Å². The lowest BCUT2D eigenvalue weighted by Gasteiger charge is -2.20. The highest BCUT2D eigenvalue weighted by Gasteiger charge is 2.14. The van der Waals surface area contributed by atoms with Crippen molar-refractivity contribution in [3.05, 3.63) is 46.2 Å². The lowest BCUT2D eigenvalue weighted by Crippen LogP contribution is -2.19. The van der Waals surface area contributed by atoms with Gasteiger partial charge < -0.3 is 4.90 Å². The van der Waals surface area contributed by atoms with Gasteiger partial charge in [0.05, 0.1) is 34.2 Å². The molecular weight excluding hydrogens is 260 g/mol. The van der Waals surface area contributed by atoms with Crippen molar-refractivity contribution < 1.29 is 0 Å². The summed E-state index contributed by atoms with van der Waals surface area (Å²) in [6.45, 7) is 2.49. The van der Waals surface area contributed by atoms with Crippen molar-refractivity contribution >= 4 is 17.3 Å². The molecule has 98 valence electrons. The molecule has 0 bridgehead atoms. The molecule has 0 radical (unpaired) electrons. The van der Waals surface area contributed by atoms with Crippen LogP contribution in [0.3, 0.4) is 0 Å². The molecule has 0 N–H and O–H groups in total. The van der Waals surface area contributed by atoms with E-state index in [1.807, 2.05) is 50.2 Å². The van der Waals surface area contributed by atoms with Gasteiger partial charge in [0.2, 0.25) is 0 Å². The van der Waals surface area contributed by atoms with Gasteiger partial charge in [-0.15, -0.1) is 0 Å². The molecule has 0 saturated heterocycles. The minimum Gasteiger partial charge on any atom is -0.368 e. The normalized spacial score (nSPS) is 10.3. The fourth-order valence-electron chi connectivity index (χ4n) is 2.06. The second-order valence-corrected chi connectivity index (χ2v) is 4.83. The van der Waals surface area contributed by atoms with E-state index in [0.717, 1.165) is 17.1 Å². The fraction of sp³-hybridized carbons (Fsp3) is 0.286. The Morgan fingerprint density at radius 2 is 2.11 bits per heavy atom. The van der Waals surface area contributed by atoms with Crippen LogP contribution in [0.4, 0.5) is 5.69 Å². The lowest BCUT2D eigenvalue weighted by atomic mass is 10.2. The molecule has 0 atom stereocenters. The number of anilines is 1. The zero-order valence-corrected chi connectivity index (χ0v) is 11.9. The van der Waals surface area contributed by atoms with Gasteiger partial charge in [-0.25, -0.2) is 0 Å². The van der Waals surface area contributed by atoms with Gasteiger partial charge in [0.25, 0.3) is 0 Å². The molecule has 0 unspecified atom stereocenters. The lowest BCUT2D eigenvalue weighted by molar-refractivity contribution is 0.694. The van der Waals surface area contributed by atoms with Gasteiger partial charge in [-0.3, -0.25) is 4.68 Å². The number of aryl methyl sites for hydroxylation is 2. The van der Waals surface area contributed by atoms with Crippen LogP contribution in [0.2, 0.25) is 5.02 Å². The zero-order valence-electron chi connectivity index (χ0n) is 11.2. The van der Waals surface area contributed by atoms with E-state index in [1.54, 1.807) is 4.68 Å². The van der Waals surface area contributed by atoms with Crippen LogP contribution in [0.15, 0.2) is 24.3 Å². The van der Waals surface area contributed by atoms with E-state index in [2.05, 4.69) is 11.2 Å². The molecule has 0 amide bonds. The smallest absolute Gasteiger partial charge is 0.101 e. The van der Waals surface area contributed by atoms with Gasteiger partial charge in [0.1, 0.15) is 6.07 Å².